The smallest absolute Gasteiger partial charge is 0.237 e. The van der Waals surface area contributed by atoms with Gasteiger partial charge in [0.25, 0.3) is 0 Å². The fourth-order valence-electron chi connectivity index (χ4n) is 2.40. The van der Waals surface area contributed by atoms with Crippen LogP contribution in [0.4, 0.5) is 0 Å². The lowest BCUT2D eigenvalue weighted by atomic mass is 9.99. The highest BCUT2D eigenvalue weighted by atomic mass is 32.2. The Hall–Kier alpha value is -1.00. The van der Waals surface area contributed by atoms with Crippen molar-refractivity contribution in [3.8, 4) is 0 Å². The molecule has 0 heterocycles. The molecular weight excluding hydrogens is 268 g/mol. The predicted octanol–water partition coefficient (Wildman–Crippen LogP) is 2.27. The summed E-state index contributed by atoms with van der Waals surface area (Å²) in [5.41, 5.74) is 8.51. The molecule has 20 heavy (non-hydrogen) atoms. The number of benzene rings is 1. The molecule has 1 aliphatic rings. The number of carbonyl (C=O) groups excluding carboxylic acids is 1. The van der Waals surface area contributed by atoms with Gasteiger partial charge in [0.15, 0.2) is 0 Å². The normalized spacial score (nSPS) is 17.6. The highest BCUT2D eigenvalue weighted by Crippen LogP contribution is 2.39. The van der Waals surface area contributed by atoms with Crippen LogP contribution in [0.3, 0.4) is 0 Å². The van der Waals surface area contributed by atoms with Crippen LogP contribution in [0.25, 0.3) is 0 Å². The predicted molar refractivity (Wildman–Crippen MR) is 86.0 cm³/mol. The summed E-state index contributed by atoms with van der Waals surface area (Å²) in [5.74, 6) is 0.935. The summed E-state index contributed by atoms with van der Waals surface area (Å²) in [6, 6.07) is 8.00. The minimum atomic E-state index is -0.378. The van der Waals surface area contributed by atoms with Crippen LogP contribution < -0.4 is 11.1 Å². The highest BCUT2D eigenvalue weighted by Gasteiger charge is 2.44. The van der Waals surface area contributed by atoms with E-state index in [1.54, 1.807) is 11.8 Å². The first-order valence-corrected chi connectivity index (χ1v) is 8.57. The molecule has 0 bridgehead atoms. The monoisotopic (exact) mass is 292 g/mol. The average Bonchev–Trinajstić information content (AvgIpc) is 3.18. The summed E-state index contributed by atoms with van der Waals surface area (Å²) in [7, 11) is 0. The fraction of sp³-hybridized carbons (Fsp3) is 0.562. The zero-order valence-electron chi connectivity index (χ0n) is 12.3. The van der Waals surface area contributed by atoms with Gasteiger partial charge < -0.3 is 11.1 Å². The zero-order chi connectivity index (χ0) is 14.6. The minimum absolute atomic E-state index is 0.00475. The van der Waals surface area contributed by atoms with E-state index in [0.717, 1.165) is 31.4 Å². The molecule has 1 atom stereocenters. The van der Waals surface area contributed by atoms with Crippen molar-refractivity contribution in [2.24, 2.45) is 5.73 Å². The Balaban J connectivity index is 1.92. The second kappa shape index (κ2) is 6.64. The molecule has 3 nitrogen and oxygen atoms in total. The lowest BCUT2D eigenvalue weighted by Crippen LogP contribution is -2.47. The van der Waals surface area contributed by atoms with Gasteiger partial charge in [-0.25, -0.2) is 0 Å². The van der Waals surface area contributed by atoms with Crippen LogP contribution in [0.1, 0.15) is 30.4 Å². The molecule has 0 spiro atoms. The second-order valence-electron chi connectivity index (χ2n) is 5.76. The number of hydrogen-bond donors (Lipinski definition) is 2. The molecule has 0 aliphatic heterocycles. The Morgan fingerprint density at radius 1 is 1.45 bits per heavy atom. The van der Waals surface area contributed by atoms with Crippen LogP contribution in [0.5, 0.6) is 0 Å². The molecule has 0 unspecified atom stereocenters. The van der Waals surface area contributed by atoms with Gasteiger partial charge >= 0.3 is 0 Å². The number of nitrogens with two attached hydrogens (primary N) is 1. The van der Waals surface area contributed by atoms with E-state index in [0.29, 0.717) is 0 Å². The summed E-state index contributed by atoms with van der Waals surface area (Å²) >= 11 is 1.73. The zero-order valence-corrected chi connectivity index (χ0v) is 13.1. The Morgan fingerprint density at radius 3 is 2.75 bits per heavy atom. The molecular formula is C16H24N2OS. The number of aryl methyl sites for hydroxylation is 1. The molecule has 1 fully saturated rings. The molecule has 1 aromatic carbocycles. The highest BCUT2D eigenvalue weighted by molar-refractivity contribution is 7.98. The molecule has 1 aliphatic carbocycles. The van der Waals surface area contributed by atoms with Crippen molar-refractivity contribution in [1.82, 2.24) is 5.32 Å². The average molecular weight is 292 g/mol. The van der Waals surface area contributed by atoms with Crippen molar-refractivity contribution in [1.29, 1.82) is 0 Å². The quantitative estimate of drug-likeness (QED) is 0.810. The third kappa shape index (κ3) is 4.00. The molecule has 0 aromatic heterocycles. The summed E-state index contributed by atoms with van der Waals surface area (Å²) in [6.07, 6.45) is 5.81. The Labute approximate surface area is 125 Å². The molecule has 2 rings (SSSR count). The topological polar surface area (TPSA) is 55.1 Å². The third-order valence-corrected chi connectivity index (χ3v) is 4.65. The van der Waals surface area contributed by atoms with Gasteiger partial charge in [0.2, 0.25) is 5.91 Å². The van der Waals surface area contributed by atoms with E-state index in [9.17, 15) is 4.79 Å². The molecule has 0 saturated heterocycles. The van der Waals surface area contributed by atoms with Crippen LogP contribution in [0, 0.1) is 6.92 Å². The minimum Gasteiger partial charge on any atom is -0.349 e. The Bertz CT molecular complexity index is 471. The van der Waals surface area contributed by atoms with Gasteiger partial charge in [-0.2, -0.15) is 11.8 Å². The van der Waals surface area contributed by atoms with Crippen molar-refractivity contribution in [3.05, 3.63) is 35.4 Å². The van der Waals surface area contributed by atoms with Gasteiger partial charge in [0, 0.05) is 5.54 Å². The first kappa shape index (κ1) is 15.4. The lowest BCUT2D eigenvalue weighted by Gasteiger charge is -2.21. The van der Waals surface area contributed by atoms with Gasteiger partial charge in [-0.15, -0.1) is 0 Å². The lowest BCUT2D eigenvalue weighted by molar-refractivity contribution is -0.123. The van der Waals surface area contributed by atoms with E-state index >= 15 is 0 Å². The molecule has 1 amide bonds. The fourth-order valence-corrected chi connectivity index (χ4v) is 2.89. The van der Waals surface area contributed by atoms with Gasteiger partial charge in [0.1, 0.15) is 0 Å². The van der Waals surface area contributed by atoms with Gasteiger partial charge in [-0.05, 0) is 55.7 Å². The van der Waals surface area contributed by atoms with Crippen LogP contribution in [-0.2, 0) is 11.2 Å². The van der Waals surface area contributed by atoms with Crippen molar-refractivity contribution < 1.29 is 4.79 Å². The van der Waals surface area contributed by atoms with E-state index in [1.165, 1.54) is 11.1 Å². The summed E-state index contributed by atoms with van der Waals surface area (Å²) < 4.78 is 0. The molecule has 4 heteroatoms. The molecule has 1 aromatic rings. The van der Waals surface area contributed by atoms with Crippen molar-refractivity contribution >= 4 is 17.7 Å². The van der Waals surface area contributed by atoms with Gasteiger partial charge in [-0.3, -0.25) is 4.79 Å². The summed E-state index contributed by atoms with van der Waals surface area (Å²) in [4.78, 5) is 12.1. The van der Waals surface area contributed by atoms with Crippen LogP contribution >= 0.6 is 11.8 Å². The number of hydrogen-bond acceptors (Lipinski definition) is 3. The van der Waals surface area contributed by atoms with Crippen LogP contribution in [0.2, 0.25) is 0 Å². The van der Waals surface area contributed by atoms with Gasteiger partial charge in [-0.1, -0.05) is 24.3 Å². The van der Waals surface area contributed by atoms with E-state index in [4.69, 9.17) is 5.73 Å². The maximum absolute atomic E-state index is 12.1. The number of rotatable bonds is 7. The first-order valence-electron chi connectivity index (χ1n) is 7.17. The SMILES string of the molecule is CSCC[C@H](N)C(=O)NC1(Cc2ccccc2C)CC1. The summed E-state index contributed by atoms with van der Waals surface area (Å²) in [5, 5.41) is 3.18. The molecule has 1 saturated carbocycles. The first-order chi connectivity index (χ1) is 9.56. The Kier molecular flexibility index (Phi) is 5.11. The molecule has 0 radical (unpaired) electrons. The van der Waals surface area contributed by atoms with Crippen molar-refractivity contribution in [2.75, 3.05) is 12.0 Å². The number of thioether (sulfide) groups is 1. The second-order valence-corrected chi connectivity index (χ2v) is 6.75. The maximum atomic E-state index is 12.1. The Morgan fingerprint density at radius 2 is 2.15 bits per heavy atom. The van der Waals surface area contributed by atoms with Crippen molar-refractivity contribution in [2.45, 2.75) is 44.2 Å². The van der Waals surface area contributed by atoms with E-state index in [2.05, 4.69) is 36.5 Å². The number of carbonyl (C=O) groups is 1. The molecule has 3 N–H and O–H groups in total. The maximum Gasteiger partial charge on any atom is 0.237 e. The van der Waals surface area contributed by atoms with Crippen LogP contribution in [0.15, 0.2) is 24.3 Å². The third-order valence-electron chi connectivity index (χ3n) is 4.00. The van der Waals surface area contributed by atoms with Crippen LogP contribution in [-0.4, -0.2) is 29.5 Å². The van der Waals surface area contributed by atoms with E-state index in [1.807, 2.05) is 6.26 Å². The largest absolute Gasteiger partial charge is 0.349 e. The standard InChI is InChI=1S/C16H24N2OS/c1-12-5-3-4-6-13(12)11-16(8-9-16)18-15(19)14(17)7-10-20-2/h3-6,14H,7-11,17H2,1-2H3,(H,18,19)/t14-/m0/s1. The van der Waals surface area contributed by atoms with E-state index in [-0.39, 0.29) is 17.5 Å². The van der Waals surface area contributed by atoms with Gasteiger partial charge in [0.05, 0.1) is 6.04 Å². The molecule has 110 valence electrons. The number of nitrogens with one attached hydrogen (secondary N) is 1. The van der Waals surface area contributed by atoms with Crippen molar-refractivity contribution in [3.63, 3.8) is 0 Å². The van der Waals surface area contributed by atoms with E-state index < -0.39 is 0 Å². The summed E-state index contributed by atoms with van der Waals surface area (Å²) in [6.45, 7) is 2.12. The number of amides is 1.